The van der Waals surface area contributed by atoms with Crippen LogP contribution in [-0.2, 0) is 4.79 Å². The Morgan fingerprint density at radius 2 is 2.17 bits per heavy atom. The van der Waals surface area contributed by atoms with Crippen LogP contribution in [0.4, 0.5) is 0 Å². The normalized spacial score (nSPS) is 23.6. The van der Waals surface area contributed by atoms with E-state index in [1.165, 1.54) is 0 Å². The number of hydrogen-bond acceptors (Lipinski definition) is 3. The van der Waals surface area contributed by atoms with Crippen molar-refractivity contribution in [2.75, 3.05) is 6.54 Å². The third kappa shape index (κ3) is 3.33. The molecule has 0 aliphatic carbocycles. The fraction of sp³-hybridized carbons (Fsp3) is 0.467. The Balaban J connectivity index is 2.01. The van der Waals surface area contributed by atoms with Crippen molar-refractivity contribution >= 4 is 5.78 Å². The van der Waals surface area contributed by atoms with Crippen LogP contribution in [-0.4, -0.2) is 18.6 Å². The summed E-state index contributed by atoms with van der Waals surface area (Å²) in [5.74, 6) is 1.03. The maximum Gasteiger partial charge on any atom is 0.159 e. The molecule has 1 radical (unpaired) electrons. The molecule has 1 aliphatic rings. The molecule has 2 unspecified atom stereocenters. The molecule has 3 heteroatoms. The molecule has 1 aromatic carbocycles. The predicted octanol–water partition coefficient (Wildman–Crippen LogP) is 2.57. The quantitative estimate of drug-likeness (QED) is 0.867. The highest BCUT2D eigenvalue weighted by atomic mass is 16.5. The van der Waals surface area contributed by atoms with Crippen LogP contribution >= 0.6 is 0 Å². The van der Waals surface area contributed by atoms with E-state index in [0.717, 1.165) is 25.1 Å². The van der Waals surface area contributed by atoms with E-state index < -0.39 is 0 Å². The number of para-hydroxylation sites is 1. The van der Waals surface area contributed by atoms with E-state index in [2.05, 4.69) is 12.2 Å². The highest BCUT2D eigenvalue weighted by Crippen LogP contribution is 2.22. The van der Waals surface area contributed by atoms with E-state index in [1.54, 1.807) is 0 Å². The van der Waals surface area contributed by atoms with Gasteiger partial charge < -0.3 is 4.74 Å². The van der Waals surface area contributed by atoms with Crippen molar-refractivity contribution in [1.82, 2.24) is 5.32 Å². The zero-order valence-electron chi connectivity index (χ0n) is 10.6. The van der Waals surface area contributed by atoms with Gasteiger partial charge >= 0.3 is 0 Å². The van der Waals surface area contributed by atoms with Gasteiger partial charge in [-0.1, -0.05) is 25.1 Å². The molecule has 0 saturated carbocycles. The number of carbonyl (C=O) groups excluding carboxylic acids is 1. The van der Waals surface area contributed by atoms with Gasteiger partial charge in [-0.2, -0.15) is 0 Å². The number of rotatable bonds is 5. The molecule has 0 bridgehead atoms. The molecule has 1 heterocycles. The fourth-order valence-electron chi connectivity index (χ4n) is 2.32. The number of ether oxygens (including phenoxy) is 1. The first-order chi connectivity index (χ1) is 8.81. The third-order valence-corrected chi connectivity index (χ3v) is 3.25. The molecule has 1 fully saturated rings. The van der Waals surface area contributed by atoms with Crippen molar-refractivity contribution < 1.29 is 9.53 Å². The van der Waals surface area contributed by atoms with Crippen molar-refractivity contribution in [3.63, 3.8) is 0 Å². The largest absolute Gasteiger partial charge is 0.475 e. The molecule has 0 amide bonds. The minimum absolute atomic E-state index is 0.0410. The van der Waals surface area contributed by atoms with Crippen LogP contribution in [0.3, 0.4) is 0 Å². The Kier molecular flexibility index (Phi) is 4.76. The van der Waals surface area contributed by atoms with Crippen LogP contribution in [0.15, 0.2) is 30.3 Å². The maximum absolute atomic E-state index is 12.0. The van der Waals surface area contributed by atoms with Gasteiger partial charge in [0.2, 0.25) is 0 Å². The summed E-state index contributed by atoms with van der Waals surface area (Å²) in [6.45, 7) is 4.66. The lowest BCUT2D eigenvalue weighted by Crippen LogP contribution is -2.48. The molecule has 0 aromatic heterocycles. The minimum Gasteiger partial charge on any atom is -0.475 e. The molecule has 3 nitrogen and oxygen atoms in total. The number of Topliss-reactive ketones (excluding diaryl/α,β-unsaturated/α-hetero) is 1. The zero-order chi connectivity index (χ0) is 12.8. The van der Waals surface area contributed by atoms with Crippen molar-refractivity contribution in [2.45, 2.75) is 31.9 Å². The van der Waals surface area contributed by atoms with E-state index in [1.807, 2.05) is 30.3 Å². The van der Waals surface area contributed by atoms with Crippen LogP contribution in [0.2, 0.25) is 0 Å². The Hall–Kier alpha value is -1.35. The summed E-state index contributed by atoms with van der Waals surface area (Å²) in [6.07, 6.45) is 2.94. The summed E-state index contributed by atoms with van der Waals surface area (Å²) in [7, 11) is 0. The monoisotopic (exact) mass is 246 g/mol. The SMILES string of the molecule is [CH2]CCC(=O)C1CCCNC1Oc1ccccc1. The lowest BCUT2D eigenvalue weighted by Gasteiger charge is -2.31. The second-order valence-electron chi connectivity index (χ2n) is 4.62. The van der Waals surface area contributed by atoms with E-state index in [0.29, 0.717) is 12.8 Å². The average molecular weight is 246 g/mol. The van der Waals surface area contributed by atoms with Gasteiger partial charge in [0.15, 0.2) is 6.23 Å². The lowest BCUT2D eigenvalue weighted by molar-refractivity contribution is -0.127. The van der Waals surface area contributed by atoms with Gasteiger partial charge in [-0.3, -0.25) is 10.1 Å². The molecule has 0 spiro atoms. The maximum atomic E-state index is 12.0. The summed E-state index contributed by atoms with van der Waals surface area (Å²) in [5, 5.41) is 3.29. The van der Waals surface area contributed by atoms with Crippen molar-refractivity contribution in [2.24, 2.45) is 5.92 Å². The predicted molar refractivity (Wildman–Crippen MR) is 71.2 cm³/mol. The molecule has 2 atom stereocenters. The summed E-state index contributed by atoms with van der Waals surface area (Å²) in [5.41, 5.74) is 0. The van der Waals surface area contributed by atoms with E-state index in [-0.39, 0.29) is 17.9 Å². The van der Waals surface area contributed by atoms with Gasteiger partial charge in [0.1, 0.15) is 11.5 Å². The molecular weight excluding hydrogens is 226 g/mol. The van der Waals surface area contributed by atoms with Crippen LogP contribution in [0.1, 0.15) is 25.7 Å². The highest BCUT2D eigenvalue weighted by Gasteiger charge is 2.31. The van der Waals surface area contributed by atoms with Crippen LogP contribution < -0.4 is 10.1 Å². The van der Waals surface area contributed by atoms with Gasteiger partial charge in [-0.15, -0.1) is 0 Å². The molecule has 1 saturated heterocycles. The van der Waals surface area contributed by atoms with Crippen LogP contribution in [0.25, 0.3) is 0 Å². The van der Waals surface area contributed by atoms with Crippen molar-refractivity contribution in [1.29, 1.82) is 0 Å². The topological polar surface area (TPSA) is 38.3 Å². The summed E-state index contributed by atoms with van der Waals surface area (Å²) >= 11 is 0. The van der Waals surface area contributed by atoms with E-state index in [9.17, 15) is 4.79 Å². The van der Waals surface area contributed by atoms with Gasteiger partial charge in [-0.25, -0.2) is 0 Å². The van der Waals surface area contributed by atoms with Crippen molar-refractivity contribution in [3.8, 4) is 5.75 Å². The Morgan fingerprint density at radius 1 is 1.39 bits per heavy atom. The second kappa shape index (κ2) is 6.55. The van der Waals surface area contributed by atoms with Gasteiger partial charge in [-0.05, 0) is 37.9 Å². The van der Waals surface area contributed by atoms with Gasteiger partial charge in [0, 0.05) is 6.42 Å². The number of benzene rings is 1. The Bertz CT molecular complexity index is 377. The first-order valence-corrected chi connectivity index (χ1v) is 6.58. The molecule has 1 aromatic rings. The van der Waals surface area contributed by atoms with E-state index >= 15 is 0 Å². The van der Waals surface area contributed by atoms with Crippen molar-refractivity contribution in [3.05, 3.63) is 37.3 Å². The number of hydrogen-bond donors (Lipinski definition) is 1. The minimum atomic E-state index is -0.194. The Morgan fingerprint density at radius 3 is 2.89 bits per heavy atom. The smallest absolute Gasteiger partial charge is 0.159 e. The summed E-state index contributed by atoms with van der Waals surface area (Å²) < 4.78 is 5.88. The molecule has 1 N–H and O–H groups in total. The summed E-state index contributed by atoms with van der Waals surface area (Å²) in [4.78, 5) is 12.0. The average Bonchev–Trinajstić information content (AvgIpc) is 2.41. The lowest BCUT2D eigenvalue weighted by atomic mass is 9.91. The van der Waals surface area contributed by atoms with Crippen LogP contribution in [0.5, 0.6) is 5.75 Å². The summed E-state index contributed by atoms with van der Waals surface area (Å²) in [6, 6.07) is 9.65. The van der Waals surface area contributed by atoms with Crippen LogP contribution in [0, 0.1) is 12.8 Å². The molecular formula is C15H20NO2. The second-order valence-corrected chi connectivity index (χ2v) is 4.62. The number of ketones is 1. The first-order valence-electron chi connectivity index (χ1n) is 6.58. The first kappa shape index (κ1) is 13.1. The Labute approximate surface area is 109 Å². The third-order valence-electron chi connectivity index (χ3n) is 3.25. The molecule has 1 aliphatic heterocycles. The highest BCUT2D eigenvalue weighted by molar-refractivity contribution is 5.81. The molecule has 2 rings (SSSR count). The van der Waals surface area contributed by atoms with Gasteiger partial charge in [0.25, 0.3) is 0 Å². The number of nitrogens with one attached hydrogen (secondary N) is 1. The van der Waals surface area contributed by atoms with Gasteiger partial charge in [0.05, 0.1) is 5.92 Å². The number of carbonyl (C=O) groups is 1. The zero-order valence-corrected chi connectivity index (χ0v) is 10.6. The fourth-order valence-corrected chi connectivity index (χ4v) is 2.32. The van der Waals surface area contributed by atoms with E-state index in [4.69, 9.17) is 4.74 Å². The molecule has 97 valence electrons. The number of piperidine rings is 1. The standard InChI is InChI=1S/C15H20NO2/c1-2-7-14(17)13-10-6-11-16-15(13)18-12-8-4-3-5-9-12/h3-5,8-9,13,15-16H,1-2,6-7,10-11H2. The molecule has 18 heavy (non-hydrogen) atoms.